The molecular formula is C22H20FN5OS2. The highest BCUT2D eigenvalue weighted by Gasteiger charge is 2.24. The second-order valence-electron chi connectivity index (χ2n) is 7.20. The molecule has 1 fully saturated rings. The summed E-state index contributed by atoms with van der Waals surface area (Å²) >= 11 is 3.01. The average molecular weight is 454 g/mol. The van der Waals surface area contributed by atoms with Gasteiger partial charge in [0.15, 0.2) is 0 Å². The first-order valence-electron chi connectivity index (χ1n) is 9.97. The van der Waals surface area contributed by atoms with Crippen LogP contribution in [0, 0.1) is 5.82 Å². The van der Waals surface area contributed by atoms with E-state index in [9.17, 15) is 4.39 Å². The molecule has 4 heterocycles. The molecule has 158 valence electrons. The Bertz CT molecular complexity index is 1200. The maximum absolute atomic E-state index is 14.7. The largest absolute Gasteiger partial charge is 0.473 e. The van der Waals surface area contributed by atoms with Gasteiger partial charge in [0, 0.05) is 59.7 Å². The van der Waals surface area contributed by atoms with Gasteiger partial charge in [-0.2, -0.15) is 0 Å². The van der Waals surface area contributed by atoms with Crippen LogP contribution in [0.25, 0.3) is 21.3 Å². The second kappa shape index (κ2) is 8.76. The molecule has 0 radical (unpaired) electrons. The molecule has 0 atom stereocenters. The number of anilines is 1. The predicted octanol–water partition coefficient (Wildman–Crippen LogP) is 5.06. The van der Waals surface area contributed by atoms with Crippen molar-refractivity contribution >= 4 is 39.3 Å². The number of ether oxygens (including phenoxy) is 1. The van der Waals surface area contributed by atoms with Gasteiger partial charge in [0.05, 0.1) is 5.52 Å². The lowest BCUT2D eigenvalue weighted by Gasteiger charge is -2.31. The first-order chi connectivity index (χ1) is 15.2. The fraction of sp³-hybridized carbons (Fsp3) is 0.273. The van der Waals surface area contributed by atoms with Gasteiger partial charge in [0.25, 0.3) is 0 Å². The lowest BCUT2D eigenvalue weighted by Crippen LogP contribution is -2.39. The van der Waals surface area contributed by atoms with Crippen molar-refractivity contribution in [2.24, 2.45) is 0 Å². The van der Waals surface area contributed by atoms with Crippen LogP contribution in [-0.2, 0) is 0 Å². The maximum atomic E-state index is 14.7. The summed E-state index contributed by atoms with van der Waals surface area (Å²) in [4.78, 5) is 20.5. The highest BCUT2D eigenvalue weighted by molar-refractivity contribution is 7.98. The van der Waals surface area contributed by atoms with Crippen LogP contribution in [0.3, 0.4) is 0 Å². The van der Waals surface area contributed by atoms with Gasteiger partial charge in [0.1, 0.15) is 22.9 Å². The van der Waals surface area contributed by atoms with Crippen molar-refractivity contribution in [3.05, 3.63) is 54.2 Å². The van der Waals surface area contributed by atoms with Crippen molar-refractivity contribution in [1.82, 2.24) is 19.9 Å². The van der Waals surface area contributed by atoms with Gasteiger partial charge >= 0.3 is 0 Å². The zero-order valence-corrected chi connectivity index (χ0v) is 18.5. The Morgan fingerprint density at radius 1 is 1.10 bits per heavy atom. The van der Waals surface area contributed by atoms with Crippen LogP contribution in [0.4, 0.5) is 10.3 Å². The molecule has 0 amide bonds. The van der Waals surface area contributed by atoms with Crippen LogP contribution < -0.4 is 9.64 Å². The van der Waals surface area contributed by atoms with Gasteiger partial charge < -0.3 is 9.64 Å². The lowest BCUT2D eigenvalue weighted by molar-refractivity contribution is 0.166. The van der Waals surface area contributed by atoms with Crippen molar-refractivity contribution in [2.45, 2.75) is 23.8 Å². The first-order valence-corrected chi connectivity index (χ1v) is 12.1. The number of hydrogen-bond donors (Lipinski definition) is 0. The molecule has 0 spiro atoms. The summed E-state index contributed by atoms with van der Waals surface area (Å²) in [6, 6.07) is 7.12. The van der Waals surface area contributed by atoms with Gasteiger partial charge in [-0.15, -0.1) is 23.1 Å². The van der Waals surface area contributed by atoms with Crippen LogP contribution in [0.15, 0.2) is 53.3 Å². The summed E-state index contributed by atoms with van der Waals surface area (Å²) in [6.45, 7) is 1.65. The Hall–Kier alpha value is -2.78. The number of fused-ring (bicyclic) bond motifs is 1. The molecule has 5 rings (SSSR count). The van der Waals surface area contributed by atoms with E-state index in [4.69, 9.17) is 4.74 Å². The zero-order valence-electron chi connectivity index (χ0n) is 16.9. The van der Waals surface area contributed by atoms with Crippen LogP contribution in [0.2, 0.25) is 0 Å². The van der Waals surface area contributed by atoms with Crippen molar-refractivity contribution in [2.75, 3.05) is 24.2 Å². The van der Waals surface area contributed by atoms with Gasteiger partial charge in [-0.1, -0.05) is 6.07 Å². The third kappa shape index (κ3) is 4.07. The smallest absolute Gasteiger partial charge is 0.235 e. The highest BCUT2D eigenvalue weighted by Crippen LogP contribution is 2.38. The lowest BCUT2D eigenvalue weighted by atomic mass is 10.1. The Morgan fingerprint density at radius 2 is 1.90 bits per heavy atom. The Balaban J connectivity index is 1.35. The number of piperidine rings is 1. The quantitative estimate of drug-likeness (QED) is 0.392. The molecule has 4 aromatic rings. The molecule has 1 aromatic carbocycles. The Labute approximate surface area is 187 Å². The predicted molar refractivity (Wildman–Crippen MR) is 122 cm³/mol. The SMILES string of the molecule is CSc1ccc(-c2csc3c(OC4CCN(c5ncccn5)CC4)ncnc23)c(F)c1. The number of aromatic nitrogens is 4. The second-order valence-corrected chi connectivity index (χ2v) is 8.96. The van der Waals surface area contributed by atoms with E-state index in [1.54, 1.807) is 18.5 Å². The van der Waals surface area contributed by atoms with E-state index in [1.165, 1.54) is 29.4 Å². The fourth-order valence-corrected chi connectivity index (χ4v) is 5.11. The number of nitrogens with zero attached hydrogens (tertiary/aromatic N) is 5. The van der Waals surface area contributed by atoms with E-state index < -0.39 is 0 Å². The highest BCUT2D eigenvalue weighted by atomic mass is 32.2. The first kappa shape index (κ1) is 20.1. The monoisotopic (exact) mass is 453 g/mol. The van der Waals surface area contributed by atoms with Gasteiger partial charge in [-0.3, -0.25) is 0 Å². The van der Waals surface area contributed by atoms with E-state index in [0.29, 0.717) is 11.4 Å². The molecule has 0 bridgehead atoms. The van der Waals surface area contributed by atoms with Crippen molar-refractivity contribution in [1.29, 1.82) is 0 Å². The topological polar surface area (TPSA) is 64.0 Å². The average Bonchev–Trinajstić information content (AvgIpc) is 3.25. The Kier molecular flexibility index (Phi) is 5.69. The fourth-order valence-electron chi connectivity index (χ4n) is 3.73. The molecule has 1 aliphatic rings. The van der Waals surface area contributed by atoms with E-state index in [2.05, 4.69) is 24.8 Å². The summed E-state index contributed by atoms with van der Waals surface area (Å²) in [7, 11) is 0. The summed E-state index contributed by atoms with van der Waals surface area (Å²) in [5.74, 6) is 1.07. The van der Waals surface area contributed by atoms with Crippen molar-refractivity contribution < 1.29 is 9.13 Å². The van der Waals surface area contributed by atoms with E-state index >= 15 is 0 Å². The summed E-state index contributed by atoms with van der Waals surface area (Å²) in [5.41, 5.74) is 2.04. The molecule has 31 heavy (non-hydrogen) atoms. The van der Waals surface area contributed by atoms with Gasteiger partial charge in [0.2, 0.25) is 11.8 Å². The molecule has 0 unspecified atom stereocenters. The van der Waals surface area contributed by atoms with Crippen LogP contribution in [0.5, 0.6) is 5.88 Å². The van der Waals surface area contributed by atoms with E-state index in [0.717, 1.165) is 52.6 Å². The molecule has 9 heteroatoms. The number of halogens is 1. The van der Waals surface area contributed by atoms with Gasteiger partial charge in [-0.25, -0.2) is 24.3 Å². The van der Waals surface area contributed by atoms with Gasteiger partial charge in [-0.05, 0) is 24.5 Å². The number of thioether (sulfide) groups is 1. The van der Waals surface area contributed by atoms with Crippen LogP contribution in [0.1, 0.15) is 12.8 Å². The molecule has 0 N–H and O–H groups in total. The van der Waals surface area contributed by atoms with Crippen molar-refractivity contribution in [3.8, 4) is 17.0 Å². The number of thiophene rings is 1. The molecule has 1 aliphatic heterocycles. The molecular weight excluding hydrogens is 433 g/mol. The third-order valence-corrected chi connectivity index (χ3v) is 7.03. The number of rotatable bonds is 5. The number of hydrogen-bond acceptors (Lipinski definition) is 8. The van der Waals surface area contributed by atoms with E-state index in [1.807, 2.05) is 29.8 Å². The summed E-state index contributed by atoms with van der Waals surface area (Å²) in [6.07, 6.45) is 8.71. The Morgan fingerprint density at radius 3 is 2.65 bits per heavy atom. The minimum Gasteiger partial charge on any atom is -0.473 e. The normalized spacial score (nSPS) is 14.8. The third-order valence-electron chi connectivity index (χ3n) is 5.34. The molecule has 3 aromatic heterocycles. The maximum Gasteiger partial charge on any atom is 0.235 e. The van der Waals surface area contributed by atoms with E-state index in [-0.39, 0.29) is 11.9 Å². The molecule has 0 saturated carbocycles. The molecule has 1 saturated heterocycles. The van der Waals surface area contributed by atoms with Crippen LogP contribution in [-0.4, -0.2) is 45.4 Å². The zero-order chi connectivity index (χ0) is 21.2. The molecule has 0 aliphatic carbocycles. The number of benzene rings is 1. The van der Waals surface area contributed by atoms with Crippen LogP contribution >= 0.6 is 23.1 Å². The minimum absolute atomic E-state index is 0.0567. The summed E-state index contributed by atoms with van der Waals surface area (Å²) < 4.78 is 21.8. The van der Waals surface area contributed by atoms with Crippen molar-refractivity contribution in [3.63, 3.8) is 0 Å². The molecule has 6 nitrogen and oxygen atoms in total. The summed E-state index contributed by atoms with van der Waals surface area (Å²) in [5, 5.41) is 1.93. The minimum atomic E-state index is -0.247. The standard InChI is InChI=1S/C22H20FN5OS2/c1-30-15-3-4-16(18(23)11-15)17-12-31-20-19(17)26-13-27-21(20)29-14-5-9-28(10-6-14)22-24-7-2-8-25-22/h2-4,7-8,11-14H,5-6,9-10H2,1H3.